The number of ether oxygens (including phenoxy) is 1. The highest BCUT2D eigenvalue weighted by atomic mass is 19.1. The molecule has 0 saturated carbocycles. The Bertz CT molecular complexity index is 363. The maximum absolute atomic E-state index is 13.6. The summed E-state index contributed by atoms with van der Waals surface area (Å²) in [6.07, 6.45) is 0. The first kappa shape index (κ1) is 11.7. The molecule has 0 aliphatic heterocycles. The Balaban J connectivity index is 3.32. The minimum absolute atomic E-state index is 0.370. The zero-order valence-electron chi connectivity index (χ0n) is 9.43. The molecule has 0 unspecified atom stereocenters. The number of hydrogen-bond acceptors (Lipinski definition) is 2. The van der Waals surface area contributed by atoms with Crippen LogP contribution in [0.2, 0.25) is 0 Å². The van der Waals surface area contributed by atoms with Crippen LogP contribution in [0.1, 0.15) is 25.0 Å². The van der Waals surface area contributed by atoms with Crippen LogP contribution in [0.15, 0.2) is 18.2 Å². The molecule has 82 valence electrons. The maximum Gasteiger partial charge on any atom is 0.315 e. The topological polar surface area (TPSA) is 26.3 Å². The zero-order chi connectivity index (χ0) is 11.6. The lowest BCUT2D eigenvalue weighted by molar-refractivity contribution is -0.146. The van der Waals surface area contributed by atoms with Crippen LogP contribution < -0.4 is 0 Å². The van der Waals surface area contributed by atoms with Crippen molar-refractivity contribution in [3.8, 4) is 0 Å². The van der Waals surface area contributed by atoms with Gasteiger partial charge in [-0.25, -0.2) is 4.39 Å². The molecular weight excluding hydrogens is 195 g/mol. The van der Waals surface area contributed by atoms with E-state index in [1.807, 2.05) is 0 Å². The maximum atomic E-state index is 13.6. The van der Waals surface area contributed by atoms with Gasteiger partial charge in [-0.15, -0.1) is 0 Å². The minimum atomic E-state index is -0.954. The number of hydrogen-bond donors (Lipinski definition) is 0. The summed E-state index contributed by atoms with van der Waals surface area (Å²) in [5, 5.41) is 0. The third-order valence-corrected chi connectivity index (χ3v) is 2.54. The van der Waals surface area contributed by atoms with Gasteiger partial charge in [0.25, 0.3) is 0 Å². The molecule has 1 rings (SSSR count). The second-order valence-corrected chi connectivity index (χ2v) is 4.05. The van der Waals surface area contributed by atoms with Crippen LogP contribution in [-0.2, 0) is 14.9 Å². The Morgan fingerprint density at radius 1 is 1.40 bits per heavy atom. The summed E-state index contributed by atoms with van der Waals surface area (Å²) in [5.41, 5.74) is 0.201. The number of carbonyl (C=O) groups excluding carboxylic acids is 1. The summed E-state index contributed by atoms with van der Waals surface area (Å²) in [4.78, 5) is 11.5. The van der Waals surface area contributed by atoms with Gasteiger partial charge < -0.3 is 4.74 Å². The van der Waals surface area contributed by atoms with Crippen molar-refractivity contribution in [3.63, 3.8) is 0 Å². The molecule has 0 spiro atoms. The molecule has 0 aliphatic carbocycles. The lowest BCUT2D eigenvalue weighted by Crippen LogP contribution is -2.32. The summed E-state index contributed by atoms with van der Waals surface area (Å²) in [6, 6.07) is 4.76. The third kappa shape index (κ3) is 2.01. The molecule has 2 nitrogen and oxygen atoms in total. The first-order valence-electron chi connectivity index (χ1n) is 4.75. The Morgan fingerprint density at radius 3 is 2.47 bits per heavy atom. The molecule has 0 bridgehead atoms. The van der Waals surface area contributed by atoms with Crippen LogP contribution >= 0.6 is 0 Å². The molecule has 0 N–H and O–H groups in total. The normalized spacial score (nSPS) is 11.3. The fourth-order valence-electron chi connectivity index (χ4n) is 1.78. The summed E-state index contributed by atoms with van der Waals surface area (Å²) < 4.78 is 18.3. The molecule has 1 aromatic carbocycles. The van der Waals surface area contributed by atoms with Gasteiger partial charge in [-0.05, 0) is 32.4 Å². The highest BCUT2D eigenvalue weighted by Crippen LogP contribution is 2.29. The van der Waals surface area contributed by atoms with E-state index in [9.17, 15) is 9.18 Å². The quantitative estimate of drug-likeness (QED) is 0.701. The van der Waals surface area contributed by atoms with E-state index in [0.29, 0.717) is 5.56 Å². The number of carbonyl (C=O) groups is 1. The van der Waals surface area contributed by atoms with Gasteiger partial charge in [0, 0.05) is 5.56 Å². The Kier molecular flexibility index (Phi) is 3.12. The van der Waals surface area contributed by atoms with Crippen molar-refractivity contribution >= 4 is 5.97 Å². The van der Waals surface area contributed by atoms with Crippen LogP contribution in [0.5, 0.6) is 0 Å². The summed E-state index contributed by atoms with van der Waals surface area (Å²) in [6.45, 7) is 5.09. The van der Waals surface area contributed by atoms with Crippen LogP contribution in [0.4, 0.5) is 4.39 Å². The van der Waals surface area contributed by atoms with Gasteiger partial charge in [0.15, 0.2) is 0 Å². The van der Waals surface area contributed by atoms with Gasteiger partial charge >= 0.3 is 5.97 Å². The van der Waals surface area contributed by atoms with E-state index in [0.717, 1.165) is 5.56 Å². The van der Waals surface area contributed by atoms with E-state index in [2.05, 4.69) is 4.74 Å². The van der Waals surface area contributed by atoms with Gasteiger partial charge in [-0.1, -0.05) is 12.1 Å². The standard InChI is InChI=1S/C12H15FO2/c1-8-6-5-7-9(13)10(8)12(2,3)11(14)15-4/h5-7H,1-4H3. The number of esters is 1. The molecule has 15 heavy (non-hydrogen) atoms. The van der Waals surface area contributed by atoms with E-state index >= 15 is 0 Å². The van der Waals surface area contributed by atoms with Gasteiger partial charge in [-0.2, -0.15) is 0 Å². The fraction of sp³-hybridized carbons (Fsp3) is 0.417. The first-order valence-corrected chi connectivity index (χ1v) is 4.75. The van der Waals surface area contributed by atoms with Gasteiger partial charge in [-0.3, -0.25) is 4.79 Å². The van der Waals surface area contributed by atoms with Gasteiger partial charge in [0.2, 0.25) is 0 Å². The lowest BCUT2D eigenvalue weighted by atomic mass is 9.82. The molecule has 0 fully saturated rings. The van der Waals surface area contributed by atoms with E-state index in [4.69, 9.17) is 0 Å². The molecule has 0 aromatic heterocycles. The molecule has 1 aromatic rings. The van der Waals surface area contributed by atoms with Crippen molar-refractivity contribution in [3.05, 3.63) is 35.1 Å². The van der Waals surface area contributed by atoms with Crippen molar-refractivity contribution in [2.45, 2.75) is 26.2 Å². The first-order chi connectivity index (χ1) is 6.91. The van der Waals surface area contributed by atoms with Crippen LogP contribution in [-0.4, -0.2) is 13.1 Å². The summed E-state index contributed by atoms with van der Waals surface area (Å²) >= 11 is 0. The fourth-order valence-corrected chi connectivity index (χ4v) is 1.78. The van der Waals surface area contributed by atoms with Crippen molar-refractivity contribution in [1.82, 2.24) is 0 Å². The number of halogens is 1. The molecule has 0 amide bonds. The number of benzene rings is 1. The molecule has 0 saturated heterocycles. The highest BCUT2D eigenvalue weighted by molar-refractivity contribution is 5.82. The van der Waals surface area contributed by atoms with Crippen molar-refractivity contribution < 1.29 is 13.9 Å². The third-order valence-electron chi connectivity index (χ3n) is 2.54. The Labute approximate surface area is 89.1 Å². The predicted molar refractivity (Wildman–Crippen MR) is 56.2 cm³/mol. The number of rotatable bonds is 2. The van der Waals surface area contributed by atoms with Crippen molar-refractivity contribution in [2.75, 3.05) is 7.11 Å². The molecule has 3 heteroatoms. The van der Waals surface area contributed by atoms with E-state index < -0.39 is 11.4 Å². The molecular formula is C12H15FO2. The van der Waals surface area contributed by atoms with Crippen LogP contribution in [0, 0.1) is 12.7 Å². The average Bonchev–Trinajstić information content (AvgIpc) is 2.15. The lowest BCUT2D eigenvalue weighted by Gasteiger charge is -2.24. The van der Waals surface area contributed by atoms with Gasteiger partial charge in [0.1, 0.15) is 5.82 Å². The van der Waals surface area contributed by atoms with Crippen molar-refractivity contribution in [1.29, 1.82) is 0 Å². The van der Waals surface area contributed by atoms with Crippen molar-refractivity contribution in [2.24, 2.45) is 0 Å². The summed E-state index contributed by atoms with van der Waals surface area (Å²) in [5.74, 6) is -0.805. The van der Waals surface area contributed by atoms with Crippen LogP contribution in [0.3, 0.4) is 0 Å². The second kappa shape index (κ2) is 4.01. The molecule has 0 aliphatic rings. The van der Waals surface area contributed by atoms with Gasteiger partial charge in [0.05, 0.1) is 12.5 Å². The number of aryl methyl sites for hydroxylation is 1. The molecule has 0 heterocycles. The molecule has 0 atom stereocenters. The van der Waals surface area contributed by atoms with E-state index in [1.54, 1.807) is 32.9 Å². The van der Waals surface area contributed by atoms with Crippen LogP contribution in [0.25, 0.3) is 0 Å². The average molecular weight is 210 g/mol. The molecule has 0 radical (unpaired) electrons. The second-order valence-electron chi connectivity index (χ2n) is 4.05. The summed E-state index contributed by atoms with van der Waals surface area (Å²) in [7, 11) is 1.31. The monoisotopic (exact) mass is 210 g/mol. The SMILES string of the molecule is COC(=O)C(C)(C)c1c(C)cccc1F. The number of methoxy groups -OCH3 is 1. The van der Waals surface area contributed by atoms with E-state index in [1.165, 1.54) is 13.2 Å². The minimum Gasteiger partial charge on any atom is -0.468 e. The predicted octanol–water partition coefficient (Wildman–Crippen LogP) is 2.58. The Morgan fingerprint density at radius 2 is 2.00 bits per heavy atom. The Hall–Kier alpha value is -1.38. The zero-order valence-corrected chi connectivity index (χ0v) is 9.43. The smallest absolute Gasteiger partial charge is 0.315 e. The van der Waals surface area contributed by atoms with E-state index in [-0.39, 0.29) is 5.82 Å². The largest absolute Gasteiger partial charge is 0.468 e. The highest BCUT2D eigenvalue weighted by Gasteiger charge is 2.34.